The Morgan fingerprint density at radius 1 is 0.960 bits per heavy atom. The normalized spacial score (nSPS) is 16.0. The zero-order chi connectivity index (χ0) is 17.6. The second kappa shape index (κ2) is 5.87. The topological polar surface area (TPSA) is 42.0 Å². The molecule has 0 saturated carbocycles. The number of carbonyl (C=O) groups is 1. The standard InChI is InChI=1S/C17H13F3N2O3/c18-10-5-13(19)12(14(20)6-10)8-21-3-4-22(17(21)23)11-1-2-15-16(7-11)25-9-24-15/h1-2,5-7H,3-4,8-9H2. The van der Waals surface area contributed by atoms with Crippen LogP contribution in [0.2, 0.25) is 0 Å². The summed E-state index contributed by atoms with van der Waals surface area (Å²) in [6.07, 6.45) is 0. The van der Waals surface area contributed by atoms with Crippen molar-refractivity contribution in [2.45, 2.75) is 6.54 Å². The molecule has 8 heteroatoms. The average molecular weight is 350 g/mol. The molecule has 2 heterocycles. The van der Waals surface area contributed by atoms with Crippen molar-refractivity contribution in [1.82, 2.24) is 4.90 Å². The maximum absolute atomic E-state index is 13.8. The molecule has 4 rings (SSSR count). The van der Waals surface area contributed by atoms with Gasteiger partial charge in [-0.25, -0.2) is 18.0 Å². The minimum atomic E-state index is -1.01. The van der Waals surface area contributed by atoms with E-state index in [2.05, 4.69) is 0 Å². The summed E-state index contributed by atoms with van der Waals surface area (Å²) in [6, 6.07) is 5.93. The first-order chi connectivity index (χ1) is 12.0. The number of anilines is 1. The zero-order valence-electron chi connectivity index (χ0n) is 13.0. The molecule has 2 aliphatic heterocycles. The number of hydrogen-bond donors (Lipinski definition) is 0. The molecule has 2 aliphatic rings. The number of rotatable bonds is 3. The third-order valence-electron chi connectivity index (χ3n) is 4.22. The summed E-state index contributed by atoms with van der Waals surface area (Å²) in [4.78, 5) is 15.4. The minimum absolute atomic E-state index is 0.127. The molecule has 0 atom stereocenters. The van der Waals surface area contributed by atoms with Gasteiger partial charge in [0, 0.05) is 42.5 Å². The molecule has 0 bridgehead atoms. The minimum Gasteiger partial charge on any atom is -0.454 e. The summed E-state index contributed by atoms with van der Waals surface area (Å²) in [5, 5.41) is 0. The van der Waals surface area contributed by atoms with E-state index < -0.39 is 17.5 Å². The summed E-state index contributed by atoms with van der Waals surface area (Å²) in [7, 11) is 0. The van der Waals surface area contributed by atoms with Gasteiger partial charge in [0.25, 0.3) is 0 Å². The Hall–Kier alpha value is -2.90. The van der Waals surface area contributed by atoms with Gasteiger partial charge in [0.05, 0.1) is 6.54 Å². The van der Waals surface area contributed by atoms with E-state index in [9.17, 15) is 18.0 Å². The SMILES string of the molecule is O=C1N(Cc2c(F)cc(F)cc2F)CCN1c1ccc2c(c1)OCO2. The molecule has 2 amide bonds. The molecule has 1 saturated heterocycles. The summed E-state index contributed by atoms with van der Waals surface area (Å²) < 4.78 is 51.1. The van der Waals surface area contributed by atoms with Gasteiger partial charge in [-0.15, -0.1) is 0 Å². The Kier molecular flexibility index (Phi) is 3.67. The average Bonchev–Trinajstić information content (AvgIpc) is 3.17. The van der Waals surface area contributed by atoms with Gasteiger partial charge in [-0.3, -0.25) is 4.90 Å². The molecule has 0 aliphatic carbocycles. The zero-order valence-corrected chi connectivity index (χ0v) is 13.0. The largest absolute Gasteiger partial charge is 0.454 e. The summed E-state index contributed by atoms with van der Waals surface area (Å²) in [5.41, 5.74) is 0.277. The second-order valence-corrected chi connectivity index (χ2v) is 5.74. The van der Waals surface area contributed by atoms with Crippen LogP contribution in [-0.4, -0.2) is 30.8 Å². The van der Waals surface area contributed by atoms with E-state index in [4.69, 9.17) is 9.47 Å². The molecule has 0 radical (unpaired) electrons. The number of halogens is 3. The molecule has 130 valence electrons. The first-order valence-corrected chi connectivity index (χ1v) is 7.62. The molecule has 0 aromatic heterocycles. The van der Waals surface area contributed by atoms with Crippen LogP contribution < -0.4 is 14.4 Å². The van der Waals surface area contributed by atoms with Crippen LogP contribution in [0.1, 0.15) is 5.56 Å². The Morgan fingerprint density at radius 2 is 1.68 bits per heavy atom. The molecule has 0 unspecified atom stereocenters. The van der Waals surface area contributed by atoms with Crippen LogP contribution in [0.5, 0.6) is 11.5 Å². The smallest absolute Gasteiger partial charge is 0.324 e. The Bertz CT molecular complexity index is 836. The van der Waals surface area contributed by atoms with E-state index in [0.29, 0.717) is 42.4 Å². The van der Waals surface area contributed by atoms with E-state index in [-0.39, 0.29) is 24.9 Å². The van der Waals surface area contributed by atoms with Crippen molar-refractivity contribution in [3.8, 4) is 11.5 Å². The third kappa shape index (κ3) is 2.73. The molecule has 25 heavy (non-hydrogen) atoms. The highest BCUT2D eigenvalue weighted by atomic mass is 19.1. The number of hydrogen-bond acceptors (Lipinski definition) is 3. The van der Waals surface area contributed by atoms with Gasteiger partial charge in [0.15, 0.2) is 11.5 Å². The number of carbonyl (C=O) groups excluding carboxylic acids is 1. The number of ether oxygens (including phenoxy) is 2. The summed E-state index contributed by atoms with van der Waals surface area (Å²) in [6.45, 7) is 0.520. The highest BCUT2D eigenvalue weighted by Gasteiger charge is 2.31. The van der Waals surface area contributed by atoms with Crippen molar-refractivity contribution >= 4 is 11.7 Å². The number of benzene rings is 2. The third-order valence-corrected chi connectivity index (χ3v) is 4.22. The van der Waals surface area contributed by atoms with Gasteiger partial charge in [0.2, 0.25) is 6.79 Å². The molecule has 0 N–H and O–H groups in total. The maximum atomic E-state index is 13.8. The van der Waals surface area contributed by atoms with Gasteiger partial charge < -0.3 is 14.4 Å². The van der Waals surface area contributed by atoms with Crippen LogP contribution in [0.4, 0.5) is 23.7 Å². The van der Waals surface area contributed by atoms with E-state index in [1.54, 1.807) is 18.2 Å². The van der Waals surface area contributed by atoms with Gasteiger partial charge in [-0.2, -0.15) is 0 Å². The number of fused-ring (bicyclic) bond motifs is 1. The van der Waals surface area contributed by atoms with Crippen LogP contribution in [0.25, 0.3) is 0 Å². The van der Waals surface area contributed by atoms with Crippen molar-refractivity contribution in [3.05, 3.63) is 53.3 Å². The fourth-order valence-electron chi connectivity index (χ4n) is 2.94. The predicted octanol–water partition coefficient (Wildman–Crippen LogP) is 3.27. The van der Waals surface area contributed by atoms with Crippen molar-refractivity contribution < 1.29 is 27.4 Å². The number of urea groups is 1. The first-order valence-electron chi connectivity index (χ1n) is 7.62. The Morgan fingerprint density at radius 3 is 2.44 bits per heavy atom. The molecular formula is C17H13F3N2O3. The first kappa shape index (κ1) is 15.6. The molecule has 0 spiro atoms. The quantitative estimate of drug-likeness (QED) is 0.853. The molecule has 2 aromatic carbocycles. The van der Waals surface area contributed by atoms with Crippen LogP contribution >= 0.6 is 0 Å². The van der Waals surface area contributed by atoms with E-state index in [0.717, 1.165) is 0 Å². The van der Waals surface area contributed by atoms with Crippen molar-refractivity contribution in [2.24, 2.45) is 0 Å². The lowest BCUT2D eigenvalue weighted by Crippen LogP contribution is -2.32. The van der Waals surface area contributed by atoms with Crippen molar-refractivity contribution in [2.75, 3.05) is 24.8 Å². The molecule has 5 nitrogen and oxygen atoms in total. The lowest BCUT2D eigenvalue weighted by atomic mass is 10.2. The van der Waals surface area contributed by atoms with Crippen LogP contribution in [0.3, 0.4) is 0 Å². The van der Waals surface area contributed by atoms with Gasteiger partial charge >= 0.3 is 6.03 Å². The molecule has 1 fully saturated rings. The fraction of sp³-hybridized carbons (Fsp3) is 0.235. The van der Waals surface area contributed by atoms with Crippen LogP contribution in [0, 0.1) is 17.5 Å². The van der Waals surface area contributed by atoms with Gasteiger partial charge in [-0.1, -0.05) is 0 Å². The summed E-state index contributed by atoms with van der Waals surface area (Å²) in [5.74, 6) is -1.87. The van der Waals surface area contributed by atoms with Crippen molar-refractivity contribution in [1.29, 1.82) is 0 Å². The van der Waals surface area contributed by atoms with Gasteiger partial charge in [0.1, 0.15) is 17.5 Å². The van der Waals surface area contributed by atoms with Crippen LogP contribution in [-0.2, 0) is 6.54 Å². The maximum Gasteiger partial charge on any atom is 0.324 e. The summed E-state index contributed by atoms with van der Waals surface area (Å²) >= 11 is 0. The Balaban J connectivity index is 1.54. The lowest BCUT2D eigenvalue weighted by molar-refractivity contribution is 0.174. The van der Waals surface area contributed by atoms with E-state index in [1.165, 1.54) is 9.80 Å². The highest BCUT2D eigenvalue weighted by Crippen LogP contribution is 2.36. The number of amides is 2. The monoisotopic (exact) mass is 350 g/mol. The molecule has 2 aromatic rings. The van der Waals surface area contributed by atoms with Crippen molar-refractivity contribution in [3.63, 3.8) is 0 Å². The van der Waals surface area contributed by atoms with E-state index in [1.807, 2.05) is 0 Å². The predicted molar refractivity (Wildman–Crippen MR) is 82.0 cm³/mol. The Labute approximate surface area is 141 Å². The highest BCUT2D eigenvalue weighted by molar-refractivity contribution is 5.94. The molecular weight excluding hydrogens is 337 g/mol. The second-order valence-electron chi connectivity index (χ2n) is 5.74. The fourth-order valence-corrected chi connectivity index (χ4v) is 2.94. The lowest BCUT2D eigenvalue weighted by Gasteiger charge is -2.19. The van der Waals surface area contributed by atoms with Crippen LogP contribution in [0.15, 0.2) is 30.3 Å². The van der Waals surface area contributed by atoms with Gasteiger partial charge in [-0.05, 0) is 12.1 Å². The van der Waals surface area contributed by atoms with E-state index >= 15 is 0 Å². The number of nitrogens with zero attached hydrogens (tertiary/aromatic N) is 2.